The molecule has 15 heteroatoms. The Kier molecular flexibility index (Phi) is 11.3. The average molecular weight is 776 g/mol. The van der Waals surface area contributed by atoms with E-state index in [0.29, 0.717) is 33.8 Å². The number of nitrogens with zero attached hydrogens (tertiary/aromatic N) is 3. The fourth-order valence-corrected chi connectivity index (χ4v) is 8.45. The molecule has 0 bridgehead atoms. The van der Waals surface area contributed by atoms with Crippen molar-refractivity contribution in [1.29, 1.82) is 0 Å². The Balaban J connectivity index is 1.34. The summed E-state index contributed by atoms with van der Waals surface area (Å²) in [4.78, 5) is 65.5. The molecule has 14 nitrogen and oxygen atoms in total. The van der Waals surface area contributed by atoms with Gasteiger partial charge in [0, 0.05) is 47.3 Å². The van der Waals surface area contributed by atoms with E-state index in [2.05, 4.69) is 27.8 Å². The molecule has 4 amide bonds. The van der Waals surface area contributed by atoms with Crippen molar-refractivity contribution < 1.29 is 33.8 Å². The van der Waals surface area contributed by atoms with Crippen molar-refractivity contribution in [3.63, 3.8) is 0 Å². The van der Waals surface area contributed by atoms with E-state index in [1.807, 2.05) is 65.1 Å². The number of carbonyl (C=O) groups is 4. The van der Waals surface area contributed by atoms with Crippen molar-refractivity contribution in [3.05, 3.63) is 41.8 Å². The van der Waals surface area contributed by atoms with Crippen LogP contribution in [0.1, 0.15) is 78.7 Å². The lowest BCUT2D eigenvalue weighted by molar-refractivity contribution is -0.146. The lowest BCUT2D eigenvalue weighted by Crippen LogP contribution is -2.60. The Morgan fingerprint density at radius 2 is 1.82 bits per heavy atom. The number of pyridine rings is 1. The van der Waals surface area contributed by atoms with E-state index in [1.54, 1.807) is 7.11 Å². The van der Waals surface area contributed by atoms with Crippen LogP contribution in [0.25, 0.3) is 22.3 Å². The maximum absolute atomic E-state index is 14.6. The fourth-order valence-electron chi connectivity index (χ4n) is 7.60. The Hall–Kier alpha value is -4.92. The molecule has 0 radical (unpaired) electrons. The molecule has 3 aliphatic rings. The van der Waals surface area contributed by atoms with Crippen LogP contribution >= 0.6 is 11.3 Å². The molecule has 0 spiro atoms. The number of hydrogen-bond donors (Lipinski definition) is 5. The number of benzene rings is 1. The molecule has 296 valence electrons. The minimum absolute atomic E-state index is 0.00776. The number of likely N-dealkylation sites (tertiary alicyclic amines) is 1. The third-order valence-corrected chi connectivity index (χ3v) is 11.5. The van der Waals surface area contributed by atoms with Crippen molar-refractivity contribution in [1.82, 2.24) is 30.8 Å². The Morgan fingerprint density at radius 1 is 1.09 bits per heavy atom. The number of rotatable bonds is 13. The quantitative estimate of drug-likeness (QED) is 0.136. The molecule has 1 aromatic carbocycles. The topological polar surface area (TPSA) is 184 Å². The molecule has 6 rings (SSSR count). The van der Waals surface area contributed by atoms with Gasteiger partial charge in [0.15, 0.2) is 5.13 Å². The highest BCUT2D eigenvalue weighted by Crippen LogP contribution is 2.45. The van der Waals surface area contributed by atoms with E-state index in [4.69, 9.17) is 19.4 Å². The van der Waals surface area contributed by atoms with Gasteiger partial charge in [0.25, 0.3) is 0 Å². The number of aryl methyl sites for hydroxylation is 1. The van der Waals surface area contributed by atoms with Gasteiger partial charge in [-0.05, 0) is 57.1 Å². The average Bonchev–Trinajstić information content (AvgIpc) is 3.53. The van der Waals surface area contributed by atoms with Gasteiger partial charge >= 0.3 is 12.0 Å². The first-order chi connectivity index (χ1) is 26.0. The fraction of sp³-hybridized carbons (Fsp3) is 0.550. The van der Waals surface area contributed by atoms with Gasteiger partial charge in [0.1, 0.15) is 40.9 Å². The molecule has 3 fully saturated rings. The molecule has 1 unspecified atom stereocenters. The first-order valence-corrected chi connectivity index (χ1v) is 19.8. The number of aliphatic carboxylic acids is 1. The van der Waals surface area contributed by atoms with Gasteiger partial charge in [-0.15, -0.1) is 17.9 Å². The van der Waals surface area contributed by atoms with Gasteiger partial charge in [0.2, 0.25) is 11.8 Å². The van der Waals surface area contributed by atoms with Crippen LogP contribution in [0.2, 0.25) is 0 Å². The SMILES string of the molecule is C=CC1C[C@]1(NC(=O)[C@@H]1C[C@@H](Oc2cc(-c3csc(NC(C)C)n3)nc3cc(OC)c(C)cc23)CN1C(=O)[C@@H](NC(=O)NC1CCCC1)C(C)(C)C)C(=O)O. The number of aromatic nitrogens is 2. The number of hydrogen-bond acceptors (Lipinski definition) is 10. The standard InChI is InChI=1S/C40H53N7O7S/c1-9-23-18-40(23,36(50)51)46-34(48)30-15-25(19-47(30)35(49)33(39(5,6)7)45-37(52)42-24-12-10-11-13-24)54-32-17-28(29-20-55-38(44-29)41-21(2)3)43-27-16-31(53-8)22(4)14-26(27)32/h9,14,16-17,20-21,23-25,30,33H,1,10-13,15,18-19H2,2-8H3,(H,41,44)(H,46,48)(H,50,51)(H2,42,45,52)/t23?,25-,30+,33-,40-/m1/s1. The van der Waals surface area contributed by atoms with Crippen LogP contribution in [0.4, 0.5) is 9.93 Å². The first kappa shape index (κ1) is 39.8. The van der Waals surface area contributed by atoms with Crippen LogP contribution in [0.3, 0.4) is 0 Å². The first-order valence-electron chi connectivity index (χ1n) is 19.0. The van der Waals surface area contributed by atoms with Crippen LogP contribution in [-0.4, -0.2) is 93.3 Å². The molecular weight excluding hydrogens is 723 g/mol. The molecule has 2 aliphatic carbocycles. The minimum Gasteiger partial charge on any atom is -0.496 e. The van der Waals surface area contributed by atoms with E-state index in [1.165, 1.54) is 22.3 Å². The van der Waals surface area contributed by atoms with Crippen molar-refractivity contribution in [2.45, 2.75) is 116 Å². The number of fused-ring (bicyclic) bond motifs is 1. The second kappa shape index (κ2) is 15.7. The number of methoxy groups -OCH3 is 1. The van der Waals surface area contributed by atoms with Crippen LogP contribution < -0.4 is 30.7 Å². The predicted octanol–water partition coefficient (Wildman–Crippen LogP) is 5.65. The van der Waals surface area contributed by atoms with E-state index < -0.39 is 58.9 Å². The number of carboxylic acid groups (broad SMARTS) is 1. The highest BCUT2D eigenvalue weighted by atomic mass is 32.1. The van der Waals surface area contributed by atoms with Crippen molar-refractivity contribution in [2.24, 2.45) is 11.3 Å². The van der Waals surface area contributed by atoms with Gasteiger partial charge < -0.3 is 40.7 Å². The smallest absolute Gasteiger partial charge is 0.330 e. The molecule has 1 saturated heterocycles. The highest BCUT2D eigenvalue weighted by Gasteiger charge is 2.61. The van der Waals surface area contributed by atoms with Gasteiger partial charge in [-0.25, -0.2) is 19.6 Å². The number of urea groups is 1. The third-order valence-electron chi connectivity index (χ3n) is 10.7. The van der Waals surface area contributed by atoms with Crippen LogP contribution in [-0.2, 0) is 14.4 Å². The second-order valence-electron chi connectivity index (χ2n) is 16.4. The van der Waals surface area contributed by atoms with E-state index in [-0.39, 0.29) is 31.5 Å². The summed E-state index contributed by atoms with van der Waals surface area (Å²) in [5.74, 6) is -1.55. The summed E-state index contributed by atoms with van der Waals surface area (Å²) < 4.78 is 12.4. The number of anilines is 1. The second-order valence-corrected chi connectivity index (χ2v) is 17.2. The number of ether oxygens (including phenoxy) is 2. The number of nitrogens with one attached hydrogen (secondary N) is 4. The Morgan fingerprint density at radius 3 is 2.44 bits per heavy atom. The number of thiazole rings is 1. The molecule has 5 N–H and O–H groups in total. The zero-order chi connectivity index (χ0) is 39.8. The monoisotopic (exact) mass is 775 g/mol. The Labute approximate surface area is 325 Å². The molecule has 3 aromatic rings. The normalized spacial score (nSPS) is 23.0. The number of amides is 4. The van der Waals surface area contributed by atoms with E-state index >= 15 is 0 Å². The lowest BCUT2D eigenvalue weighted by atomic mass is 9.85. The zero-order valence-electron chi connectivity index (χ0n) is 32.7. The molecule has 3 heterocycles. The van der Waals surface area contributed by atoms with Crippen LogP contribution in [0.5, 0.6) is 11.5 Å². The summed E-state index contributed by atoms with van der Waals surface area (Å²) >= 11 is 1.47. The third kappa shape index (κ3) is 8.51. The number of carbonyl (C=O) groups excluding carboxylic acids is 3. The van der Waals surface area contributed by atoms with Crippen molar-refractivity contribution in [2.75, 3.05) is 19.0 Å². The van der Waals surface area contributed by atoms with Gasteiger partial charge in [0.05, 0.1) is 24.9 Å². The summed E-state index contributed by atoms with van der Waals surface area (Å²) in [6, 6.07) is 3.28. The van der Waals surface area contributed by atoms with E-state index in [9.17, 15) is 24.3 Å². The summed E-state index contributed by atoms with van der Waals surface area (Å²) in [5, 5.41) is 25.5. The molecule has 2 aromatic heterocycles. The van der Waals surface area contributed by atoms with Gasteiger partial charge in [-0.2, -0.15) is 0 Å². The molecule has 1 aliphatic heterocycles. The molecule has 55 heavy (non-hydrogen) atoms. The molecule has 2 saturated carbocycles. The highest BCUT2D eigenvalue weighted by molar-refractivity contribution is 7.14. The van der Waals surface area contributed by atoms with Crippen LogP contribution in [0.15, 0.2) is 36.2 Å². The van der Waals surface area contributed by atoms with E-state index in [0.717, 1.165) is 36.4 Å². The summed E-state index contributed by atoms with van der Waals surface area (Å²) in [7, 11) is 1.60. The maximum Gasteiger partial charge on any atom is 0.330 e. The molecular formula is C40H53N7O7S. The summed E-state index contributed by atoms with van der Waals surface area (Å²) in [5.41, 5.74) is 0.454. The molecule has 5 atom stereocenters. The van der Waals surface area contributed by atoms with Crippen molar-refractivity contribution >= 4 is 51.2 Å². The van der Waals surface area contributed by atoms with Gasteiger partial charge in [-0.3, -0.25) is 9.59 Å². The number of carboxylic acids is 1. The summed E-state index contributed by atoms with van der Waals surface area (Å²) in [6.45, 7) is 15.3. The zero-order valence-corrected chi connectivity index (χ0v) is 33.5. The predicted molar refractivity (Wildman–Crippen MR) is 211 cm³/mol. The minimum atomic E-state index is -1.50. The lowest BCUT2D eigenvalue weighted by Gasteiger charge is -2.35. The van der Waals surface area contributed by atoms with Crippen LogP contribution in [0, 0.1) is 18.3 Å². The summed E-state index contributed by atoms with van der Waals surface area (Å²) in [6.07, 6.45) is 4.93. The largest absolute Gasteiger partial charge is 0.496 e. The Bertz CT molecular complexity index is 1970. The van der Waals surface area contributed by atoms with Crippen molar-refractivity contribution in [3.8, 4) is 22.9 Å². The maximum atomic E-state index is 14.6. The van der Waals surface area contributed by atoms with Gasteiger partial charge in [-0.1, -0.05) is 39.7 Å².